The van der Waals surface area contributed by atoms with Gasteiger partial charge in [-0.3, -0.25) is 14.4 Å². The molecule has 0 aliphatic carbocycles. The van der Waals surface area contributed by atoms with E-state index in [-0.39, 0.29) is 25.0 Å². The molecule has 0 aromatic heterocycles. The van der Waals surface area contributed by atoms with Crippen molar-refractivity contribution in [3.05, 3.63) is 29.8 Å². The van der Waals surface area contributed by atoms with Crippen molar-refractivity contribution in [2.45, 2.75) is 37.4 Å². The van der Waals surface area contributed by atoms with E-state index in [9.17, 15) is 24.3 Å². The van der Waals surface area contributed by atoms with E-state index in [0.717, 1.165) is 0 Å². The molecule has 10 heteroatoms. The largest absolute Gasteiger partial charge is 0.508 e. The van der Waals surface area contributed by atoms with E-state index in [4.69, 9.17) is 16.6 Å². The summed E-state index contributed by atoms with van der Waals surface area (Å²) in [7, 11) is 0. The summed E-state index contributed by atoms with van der Waals surface area (Å²) in [6.07, 6.45) is 0.358. The molecular weight excluding hydrogens is 356 g/mol. The number of benzene rings is 1. The van der Waals surface area contributed by atoms with Crippen LogP contribution >= 0.6 is 0 Å². The number of nitrogens with one attached hydrogen (secondary N) is 2. The second-order valence-electron chi connectivity index (χ2n) is 5.98. The Balaban J connectivity index is 2.86. The first-order valence-electron chi connectivity index (χ1n) is 8.25. The summed E-state index contributed by atoms with van der Waals surface area (Å²) in [6, 6.07) is 2.73. The number of amides is 3. The number of carbonyl (C=O) groups is 4. The van der Waals surface area contributed by atoms with Crippen LogP contribution in [0.1, 0.15) is 18.4 Å². The maximum atomic E-state index is 12.4. The van der Waals surface area contributed by atoms with Gasteiger partial charge in [-0.25, -0.2) is 0 Å². The quantitative estimate of drug-likeness (QED) is 0.233. The number of hydrogen-bond donors (Lipinski definition) is 6. The van der Waals surface area contributed by atoms with Gasteiger partial charge in [0, 0.05) is 12.8 Å². The minimum atomic E-state index is -1.11. The average Bonchev–Trinajstić information content (AvgIpc) is 2.64. The summed E-state index contributed by atoms with van der Waals surface area (Å²) in [5, 5.41) is 23.2. The Morgan fingerprint density at radius 1 is 1.11 bits per heavy atom. The molecule has 3 amide bonds. The third kappa shape index (κ3) is 7.84. The number of aromatic hydroxyl groups is 1. The SMILES string of the molecule is NC(=O)CC[C@H](N)C(=O)N[C@@H](Cc1ccc(O)cc1)C(=O)N[C@H](C=O)CO. The van der Waals surface area contributed by atoms with Gasteiger partial charge in [-0.1, -0.05) is 12.1 Å². The predicted octanol–water partition coefficient (Wildman–Crippen LogP) is -2.31. The van der Waals surface area contributed by atoms with Crippen LogP contribution < -0.4 is 22.1 Å². The van der Waals surface area contributed by atoms with E-state index in [2.05, 4.69) is 10.6 Å². The number of aliphatic hydroxyl groups excluding tert-OH is 1. The van der Waals surface area contributed by atoms with Crippen LogP contribution in [-0.4, -0.2) is 59.0 Å². The van der Waals surface area contributed by atoms with Crippen LogP contribution in [0.3, 0.4) is 0 Å². The highest BCUT2D eigenvalue weighted by Gasteiger charge is 2.25. The summed E-state index contributed by atoms with van der Waals surface area (Å²) < 4.78 is 0. The van der Waals surface area contributed by atoms with Gasteiger partial charge in [0.2, 0.25) is 17.7 Å². The summed E-state index contributed by atoms with van der Waals surface area (Å²) >= 11 is 0. The topological polar surface area (TPSA) is 185 Å². The van der Waals surface area contributed by atoms with Gasteiger partial charge in [-0.05, 0) is 24.1 Å². The van der Waals surface area contributed by atoms with E-state index in [0.29, 0.717) is 11.8 Å². The van der Waals surface area contributed by atoms with E-state index >= 15 is 0 Å². The molecule has 148 valence electrons. The zero-order valence-corrected chi connectivity index (χ0v) is 14.6. The second-order valence-corrected chi connectivity index (χ2v) is 5.98. The lowest BCUT2D eigenvalue weighted by atomic mass is 10.0. The third-order valence-electron chi connectivity index (χ3n) is 3.74. The molecule has 0 aliphatic heterocycles. The lowest BCUT2D eigenvalue weighted by Gasteiger charge is -2.22. The first-order chi connectivity index (χ1) is 12.8. The van der Waals surface area contributed by atoms with Gasteiger partial charge < -0.3 is 37.1 Å². The number of primary amides is 1. The van der Waals surface area contributed by atoms with Crippen molar-refractivity contribution in [1.82, 2.24) is 10.6 Å². The van der Waals surface area contributed by atoms with Crippen molar-refractivity contribution >= 4 is 24.0 Å². The Morgan fingerprint density at radius 3 is 2.26 bits per heavy atom. The molecule has 0 radical (unpaired) electrons. The highest BCUT2D eigenvalue weighted by molar-refractivity contribution is 5.91. The molecule has 0 unspecified atom stereocenters. The fourth-order valence-corrected chi connectivity index (χ4v) is 2.19. The molecule has 1 aromatic carbocycles. The number of phenols is 1. The van der Waals surface area contributed by atoms with Crippen molar-refractivity contribution in [2.24, 2.45) is 11.5 Å². The van der Waals surface area contributed by atoms with Crippen LogP contribution in [0.25, 0.3) is 0 Å². The highest BCUT2D eigenvalue weighted by Crippen LogP contribution is 2.12. The number of aldehydes is 1. The zero-order chi connectivity index (χ0) is 20.4. The maximum Gasteiger partial charge on any atom is 0.243 e. The normalized spacial score (nSPS) is 13.9. The smallest absolute Gasteiger partial charge is 0.243 e. The van der Waals surface area contributed by atoms with Gasteiger partial charge in [0.15, 0.2) is 0 Å². The van der Waals surface area contributed by atoms with E-state index in [1.807, 2.05) is 0 Å². The molecule has 10 nitrogen and oxygen atoms in total. The molecule has 0 saturated heterocycles. The molecule has 0 saturated carbocycles. The molecule has 1 aromatic rings. The monoisotopic (exact) mass is 380 g/mol. The average molecular weight is 380 g/mol. The number of aliphatic hydroxyl groups is 1. The van der Waals surface area contributed by atoms with Crippen molar-refractivity contribution in [2.75, 3.05) is 6.61 Å². The van der Waals surface area contributed by atoms with Crippen molar-refractivity contribution < 1.29 is 29.4 Å². The van der Waals surface area contributed by atoms with Crippen molar-refractivity contribution in [1.29, 1.82) is 0 Å². The molecule has 8 N–H and O–H groups in total. The van der Waals surface area contributed by atoms with Crippen molar-refractivity contribution in [3.8, 4) is 5.75 Å². The van der Waals surface area contributed by atoms with Crippen LogP contribution in [0, 0.1) is 0 Å². The van der Waals surface area contributed by atoms with Gasteiger partial charge >= 0.3 is 0 Å². The second kappa shape index (κ2) is 10.9. The van der Waals surface area contributed by atoms with Crippen LogP contribution in [0.4, 0.5) is 0 Å². The minimum Gasteiger partial charge on any atom is -0.508 e. The molecule has 1 rings (SSSR count). The third-order valence-corrected chi connectivity index (χ3v) is 3.74. The molecule has 0 fully saturated rings. The molecule has 27 heavy (non-hydrogen) atoms. The summed E-state index contributed by atoms with van der Waals surface area (Å²) in [4.78, 5) is 46.2. The minimum absolute atomic E-state index is 0.0162. The number of carbonyl (C=O) groups excluding carboxylic acids is 4. The maximum absolute atomic E-state index is 12.4. The Morgan fingerprint density at radius 2 is 1.74 bits per heavy atom. The van der Waals surface area contributed by atoms with Crippen molar-refractivity contribution in [3.63, 3.8) is 0 Å². The fourth-order valence-electron chi connectivity index (χ4n) is 2.19. The van der Waals surface area contributed by atoms with Crippen LogP contribution in [0.5, 0.6) is 5.75 Å². The van der Waals surface area contributed by atoms with E-state index < -0.39 is 42.5 Å². The molecule has 0 spiro atoms. The van der Waals surface area contributed by atoms with Crippen LogP contribution in [0.15, 0.2) is 24.3 Å². The van der Waals surface area contributed by atoms with E-state index in [1.165, 1.54) is 12.1 Å². The van der Waals surface area contributed by atoms with Gasteiger partial charge in [0.25, 0.3) is 0 Å². The van der Waals surface area contributed by atoms with Gasteiger partial charge in [-0.15, -0.1) is 0 Å². The summed E-state index contributed by atoms with van der Waals surface area (Å²) in [5.74, 6) is -1.92. The fraction of sp³-hybridized carbons (Fsp3) is 0.412. The number of rotatable bonds is 11. The number of nitrogens with two attached hydrogens (primary N) is 2. The Bertz CT molecular complexity index is 664. The first-order valence-corrected chi connectivity index (χ1v) is 8.25. The van der Waals surface area contributed by atoms with Crippen LogP contribution in [-0.2, 0) is 25.6 Å². The highest BCUT2D eigenvalue weighted by atomic mass is 16.3. The summed E-state index contributed by atoms with van der Waals surface area (Å²) in [5.41, 5.74) is 11.4. The van der Waals surface area contributed by atoms with Gasteiger partial charge in [0.05, 0.1) is 12.6 Å². The lowest BCUT2D eigenvalue weighted by Crippen LogP contribution is -2.55. The molecule has 0 bridgehead atoms. The molecular formula is C17H24N4O6. The Hall–Kier alpha value is -2.98. The number of hydrogen-bond acceptors (Lipinski definition) is 7. The predicted molar refractivity (Wildman–Crippen MR) is 95.2 cm³/mol. The Kier molecular flexibility index (Phi) is 8.90. The first kappa shape index (κ1) is 22.1. The lowest BCUT2D eigenvalue weighted by molar-refractivity contribution is -0.131. The van der Waals surface area contributed by atoms with Gasteiger partial charge in [-0.2, -0.15) is 0 Å². The van der Waals surface area contributed by atoms with Gasteiger partial charge in [0.1, 0.15) is 24.1 Å². The standard InChI is InChI=1S/C17H24N4O6/c18-13(5-6-15(19)25)16(26)21-14(17(27)20-11(8-22)9-23)7-10-1-3-12(24)4-2-10/h1-4,8,11,13-14,23-24H,5-7,9,18H2,(H2,19,25)(H,20,27)(H,21,26)/t11-,13+,14+/m1/s1. The molecule has 0 heterocycles. The van der Waals surface area contributed by atoms with Crippen LogP contribution in [0.2, 0.25) is 0 Å². The molecule has 3 atom stereocenters. The van der Waals surface area contributed by atoms with E-state index in [1.54, 1.807) is 12.1 Å². The summed E-state index contributed by atoms with van der Waals surface area (Å²) in [6.45, 7) is -0.590. The zero-order valence-electron chi connectivity index (χ0n) is 14.6. The molecule has 0 aliphatic rings. The number of phenolic OH excluding ortho intramolecular Hbond substituents is 1. The Labute approximate surface area is 155 Å².